The molecule has 0 spiro atoms. The Hall–Kier alpha value is -2.12. The molecule has 0 radical (unpaired) electrons. The fourth-order valence-electron chi connectivity index (χ4n) is 1.98. The maximum atomic E-state index is 4.90. The second-order valence-electron chi connectivity index (χ2n) is 4.74. The van der Waals surface area contributed by atoms with Crippen LogP contribution in [0, 0.1) is 13.8 Å². The van der Waals surface area contributed by atoms with Crippen molar-refractivity contribution in [3.8, 4) is 11.1 Å². The molecule has 0 heterocycles. The lowest BCUT2D eigenvalue weighted by Gasteiger charge is -2.08. The van der Waals surface area contributed by atoms with Crippen LogP contribution in [0.5, 0.6) is 0 Å². The Morgan fingerprint density at radius 1 is 0.762 bits per heavy atom. The van der Waals surface area contributed by atoms with Gasteiger partial charge in [-0.25, -0.2) is 0 Å². The van der Waals surface area contributed by atoms with Crippen molar-refractivity contribution in [2.75, 3.05) is 13.2 Å². The number of rotatable bonds is 5. The quantitative estimate of drug-likeness (QED) is 0.530. The van der Waals surface area contributed by atoms with E-state index < -0.39 is 0 Å². The first-order chi connectivity index (χ1) is 10.2. The summed E-state index contributed by atoms with van der Waals surface area (Å²) in [6.45, 7) is 12.5. The Labute approximate surface area is 128 Å². The van der Waals surface area contributed by atoms with E-state index in [0.717, 1.165) is 0 Å². The summed E-state index contributed by atoms with van der Waals surface area (Å²) in [6.07, 6.45) is 3.42. The van der Waals surface area contributed by atoms with Crippen molar-refractivity contribution >= 4 is 0 Å². The highest BCUT2D eigenvalue weighted by atomic mass is 16.5. The second-order valence-corrected chi connectivity index (χ2v) is 4.74. The third-order valence-electron chi connectivity index (χ3n) is 3.05. The summed E-state index contributed by atoms with van der Waals surface area (Å²) in [7, 11) is 0. The molecule has 0 aromatic heterocycles. The molecular formula is C20H24O. The zero-order valence-electron chi connectivity index (χ0n) is 13.0. The van der Waals surface area contributed by atoms with Crippen molar-refractivity contribution in [1.82, 2.24) is 0 Å². The van der Waals surface area contributed by atoms with Gasteiger partial charge in [0.1, 0.15) is 0 Å². The fourth-order valence-corrected chi connectivity index (χ4v) is 1.98. The summed E-state index contributed by atoms with van der Waals surface area (Å²) in [5.41, 5.74) is 5.35. The van der Waals surface area contributed by atoms with Gasteiger partial charge in [0, 0.05) is 0 Å². The van der Waals surface area contributed by atoms with Crippen molar-refractivity contribution in [1.29, 1.82) is 0 Å². The van der Waals surface area contributed by atoms with Gasteiger partial charge in [-0.05, 0) is 36.1 Å². The average molecular weight is 280 g/mol. The van der Waals surface area contributed by atoms with E-state index in [0.29, 0.717) is 13.2 Å². The van der Waals surface area contributed by atoms with Crippen molar-refractivity contribution in [2.45, 2.75) is 13.8 Å². The number of hydrogen-bond donors (Lipinski definition) is 0. The van der Waals surface area contributed by atoms with Crippen LogP contribution in [0.15, 0.2) is 73.8 Å². The van der Waals surface area contributed by atoms with Gasteiger partial charge < -0.3 is 4.74 Å². The standard InChI is InChI=1S/C14H14.C6H10O/c1-11-7-3-5-9-13(11)14-10-6-4-8-12(14)2;1-3-5-7-6-4-2/h3-10H,1-2H3;3-4H,1-2,5-6H2. The van der Waals surface area contributed by atoms with Crippen molar-refractivity contribution in [2.24, 2.45) is 0 Å². The Bertz CT molecular complexity index is 518. The summed E-state index contributed by atoms with van der Waals surface area (Å²) >= 11 is 0. The van der Waals surface area contributed by atoms with E-state index in [2.05, 4.69) is 75.5 Å². The summed E-state index contributed by atoms with van der Waals surface area (Å²) in [5.74, 6) is 0. The number of benzene rings is 2. The lowest BCUT2D eigenvalue weighted by atomic mass is 9.97. The summed E-state index contributed by atoms with van der Waals surface area (Å²) < 4.78 is 4.90. The van der Waals surface area contributed by atoms with E-state index in [1.165, 1.54) is 22.3 Å². The highest BCUT2D eigenvalue weighted by Gasteiger charge is 2.02. The maximum Gasteiger partial charge on any atom is 0.0649 e. The summed E-state index contributed by atoms with van der Waals surface area (Å²) in [5, 5.41) is 0. The Kier molecular flexibility index (Phi) is 7.85. The van der Waals surface area contributed by atoms with Crippen molar-refractivity contribution in [3.05, 3.63) is 85.0 Å². The lowest BCUT2D eigenvalue weighted by molar-refractivity contribution is 0.194. The molecule has 110 valence electrons. The predicted octanol–water partition coefficient (Wildman–Crippen LogP) is 5.35. The molecule has 0 amide bonds. The zero-order valence-corrected chi connectivity index (χ0v) is 13.0. The molecule has 2 rings (SSSR count). The molecule has 0 saturated carbocycles. The van der Waals surface area contributed by atoms with Crippen LogP contribution in [0.4, 0.5) is 0 Å². The SMILES string of the molecule is C=CCOCC=C.Cc1ccccc1-c1ccccc1C. The molecule has 0 saturated heterocycles. The molecule has 0 unspecified atom stereocenters. The average Bonchev–Trinajstić information content (AvgIpc) is 2.50. The highest BCUT2D eigenvalue weighted by molar-refractivity contribution is 5.70. The zero-order chi connectivity index (χ0) is 15.5. The van der Waals surface area contributed by atoms with Gasteiger partial charge in [0.15, 0.2) is 0 Å². The number of ether oxygens (including phenoxy) is 1. The molecule has 1 nitrogen and oxygen atoms in total. The van der Waals surface area contributed by atoms with Crippen LogP contribution in [0.3, 0.4) is 0 Å². The topological polar surface area (TPSA) is 9.23 Å². The van der Waals surface area contributed by atoms with Gasteiger partial charge in [-0.2, -0.15) is 0 Å². The van der Waals surface area contributed by atoms with Crippen LogP contribution in [0.25, 0.3) is 11.1 Å². The Morgan fingerprint density at radius 2 is 1.14 bits per heavy atom. The molecule has 0 aliphatic carbocycles. The summed E-state index contributed by atoms with van der Waals surface area (Å²) in [4.78, 5) is 0. The van der Waals surface area contributed by atoms with Crippen molar-refractivity contribution < 1.29 is 4.74 Å². The molecule has 0 atom stereocenters. The van der Waals surface area contributed by atoms with Gasteiger partial charge in [-0.15, -0.1) is 13.2 Å². The predicted molar refractivity (Wildman–Crippen MR) is 92.6 cm³/mol. The van der Waals surface area contributed by atoms with Crippen molar-refractivity contribution in [3.63, 3.8) is 0 Å². The molecule has 21 heavy (non-hydrogen) atoms. The highest BCUT2D eigenvalue weighted by Crippen LogP contribution is 2.25. The van der Waals surface area contributed by atoms with Crippen LogP contribution >= 0.6 is 0 Å². The van der Waals surface area contributed by atoms with Gasteiger partial charge in [0.05, 0.1) is 13.2 Å². The molecular weight excluding hydrogens is 256 g/mol. The first-order valence-electron chi connectivity index (χ1n) is 7.12. The molecule has 0 N–H and O–H groups in total. The second kappa shape index (κ2) is 9.73. The molecule has 1 heteroatoms. The third-order valence-corrected chi connectivity index (χ3v) is 3.05. The molecule has 0 aliphatic heterocycles. The Morgan fingerprint density at radius 3 is 1.48 bits per heavy atom. The third kappa shape index (κ3) is 5.80. The van der Waals surface area contributed by atoms with E-state index in [1.807, 2.05) is 0 Å². The largest absolute Gasteiger partial charge is 0.373 e. The van der Waals surface area contributed by atoms with Crippen LogP contribution in [0.2, 0.25) is 0 Å². The molecule has 2 aromatic carbocycles. The normalized spacial score (nSPS) is 9.43. The van der Waals surface area contributed by atoms with E-state index in [-0.39, 0.29) is 0 Å². The molecule has 0 bridgehead atoms. The smallest absolute Gasteiger partial charge is 0.0649 e. The van der Waals surface area contributed by atoms with E-state index in [1.54, 1.807) is 12.2 Å². The van der Waals surface area contributed by atoms with Crippen LogP contribution in [0.1, 0.15) is 11.1 Å². The number of aryl methyl sites for hydroxylation is 2. The number of hydrogen-bond acceptors (Lipinski definition) is 1. The lowest BCUT2D eigenvalue weighted by Crippen LogP contribution is -1.87. The van der Waals surface area contributed by atoms with Gasteiger partial charge in [0.2, 0.25) is 0 Å². The van der Waals surface area contributed by atoms with E-state index >= 15 is 0 Å². The fraction of sp³-hybridized carbons (Fsp3) is 0.200. The van der Waals surface area contributed by atoms with Crippen LogP contribution in [-0.2, 0) is 4.74 Å². The van der Waals surface area contributed by atoms with Crippen LogP contribution < -0.4 is 0 Å². The Balaban J connectivity index is 0.000000270. The van der Waals surface area contributed by atoms with E-state index in [9.17, 15) is 0 Å². The molecule has 2 aromatic rings. The molecule has 0 fully saturated rings. The minimum absolute atomic E-state index is 0.617. The maximum absolute atomic E-state index is 4.90. The van der Waals surface area contributed by atoms with Gasteiger partial charge >= 0.3 is 0 Å². The van der Waals surface area contributed by atoms with Gasteiger partial charge in [-0.1, -0.05) is 60.7 Å². The van der Waals surface area contributed by atoms with Gasteiger partial charge in [0.25, 0.3) is 0 Å². The van der Waals surface area contributed by atoms with Gasteiger partial charge in [-0.3, -0.25) is 0 Å². The monoisotopic (exact) mass is 280 g/mol. The minimum atomic E-state index is 0.617. The minimum Gasteiger partial charge on any atom is -0.373 e. The first-order valence-corrected chi connectivity index (χ1v) is 7.12. The van der Waals surface area contributed by atoms with Crippen LogP contribution in [-0.4, -0.2) is 13.2 Å². The first kappa shape index (κ1) is 16.9. The van der Waals surface area contributed by atoms with E-state index in [4.69, 9.17) is 4.74 Å². The summed E-state index contributed by atoms with van der Waals surface area (Å²) in [6, 6.07) is 17.0. The molecule has 0 aliphatic rings.